The zero-order valence-electron chi connectivity index (χ0n) is 10.7. The molecule has 0 amide bonds. The predicted octanol–water partition coefficient (Wildman–Crippen LogP) is -0.204. The Kier molecular flexibility index (Phi) is 4.77. The van der Waals surface area contributed by atoms with E-state index in [2.05, 4.69) is 4.72 Å². The molecule has 2 aliphatic rings. The molecular formula is C11H20N2O5S. The Bertz CT molecular complexity index is 419. The summed E-state index contributed by atoms with van der Waals surface area (Å²) in [5.41, 5.74) is 0. The first-order valence-corrected chi connectivity index (χ1v) is 8.01. The molecule has 2 rings (SSSR count). The summed E-state index contributed by atoms with van der Waals surface area (Å²) in [6, 6.07) is -0.275. The van der Waals surface area contributed by atoms with Crippen molar-refractivity contribution in [3.05, 3.63) is 0 Å². The second-order valence-electron chi connectivity index (χ2n) is 5.03. The fourth-order valence-corrected chi connectivity index (χ4v) is 4.01. The molecule has 0 aromatic carbocycles. The lowest BCUT2D eigenvalue weighted by Gasteiger charge is -2.31. The Labute approximate surface area is 113 Å². The first kappa shape index (κ1) is 14.7. The molecule has 1 saturated carbocycles. The van der Waals surface area contributed by atoms with Crippen molar-refractivity contribution in [2.45, 2.75) is 31.7 Å². The molecule has 0 aromatic heterocycles. The summed E-state index contributed by atoms with van der Waals surface area (Å²) in [5.74, 6) is -1.28. The standard InChI is InChI=1S/C11H20N2O5S/c14-11(15)9-2-1-3-10(8-9)12-19(16,17)13-4-6-18-7-5-13/h9-10,12H,1-8H2,(H,14,15). The van der Waals surface area contributed by atoms with Crippen LogP contribution in [-0.4, -0.2) is 56.1 Å². The average Bonchev–Trinajstić information content (AvgIpc) is 2.39. The summed E-state index contributed by atoms with van der Waals surface area (Å²) >= 11 is 0. The van der Waals surface area contributed by atoms with Crippen molar-refractivity contribution < 1.29 is 23.1 Å². The number of rotatable bonds is 4. The van der Waals surface area contributed by atoms with Crippen molar-refractivity contribution in [1.82, 2.24) is 9.03 Å². The quantitative estimate of drug-likeness (QED) is 0.748. The van der Waals surface area contributed by atoms with Gasteiger partial charge in [0.25, 0.3) is 10.2 Å². The molecule has 1 aliphatic heterocycles. The fraction of sp³-hybridized carbons (Fsp3) is 0.909. The Morgan fingerprint density at radius 2 is 1.95 bits per heavy atom. The van der Waals surface area contributed by atoms with Crippen molar-refractivity contribution in [3.8, 4) is 0 Å². The maximum Gasteiger partial charge on any atom is 0.306 e. The highest BCUT2D eigenvalue weighted by Crippen LogP contribution is 2.25. The highest BCUT2D eigenvalue weighted by Gasteiger charge is 2.32. The Balaban J connectivity index is 1.93. The molecule has 7 nitrogen and oxygen atoms in total. The van der Waals surface area contributed by atoms with Gasteiger partial charge in [-0.25, -0.2) is 0 Å². The average molecular weight is 292 g/mol. The molecular weight excluding hydrogens is 272 g/mol. The van der Waals surface area contributed by atoms with Gasteiger partial charge in [0.15, 0.2) is 0 Å². The maximum atomic E-state index is 12.1. The van der Waals surface area contributed by atoms with Crippen LogP contribution in [-0.2, 0) is 19.7 Å². The van der Waals surface area contributed by atoms with Gasteiger partial charge in [-0.3, -0.25) is 4.79 Å². The molecule has 1 aliphatic carbocycles. The van der Waals surface area contributed by atoms with E-state index in [1.807, 2.05) is 0 Å². The highest BCUT2D eigenvalue weighted by atomic mass is 32.2. The van der Waals surface area contributed by atoms with E-state index in [1.165, 1.54) is 4.31 Å². The molecule has 110 valence electrons. The third kappa shape index (κ3) is 3.88. The second-order valence-corrected chi connectivity index (χ2v) is 6.74. The number of nitrogens with zero attached hydrogens (tertiary/aromatic N) is 1. The maximum absolute atomic E-state index is 12.1. The van der Waals surface area contributed by atoms with Gasteiger partial charge >= 0.3 is 5.97 Å². The fourth-order valence-electron chi connectivity index (χ4n) is 2.59. The van der Waals surface area contributed by atoms with Gasteiger partial charge in [-0.2, -0.15) is 17.4 Å². The van der Waals surface area contributed by atoms with Crippen LogP contribution in [0, 0.1) is 5.92 Å². The lowest BCUT2D eigenvalue weighted by Crippen LogP contribution is -2.50. The van der Waals surface area contributed by atoms with E-state index < -0.39 is 22.1 Å². The Hall–Kier alpha value is -0.700. The van der Waals surface area contributed by atoms with Gasteiger partial charge in [-0.15, -0.1) is 0 Å². The van der Waals surface area contributed by atoms with Crippen molar-refractivity contribution in [3.63, 3.8) is 0 Å². The molecule has 0 aromatic rings. The molecule has 19 heavy (non-hydrogen) atoms. The van der Waals surface area contributed by atoms with E-state index in [0.717, 1.165) is 6.42 Å². The zero-order chi connectivity index (χ0) is 13.9. The number of hydrogen-bond donors (Lipinski definition) is 2. The number of morpholine rings is 1. The van der Waals surface area contributed by atoms with Gasteiger partial charge in [0.1, 0.15) is 0 Å². The molecule has 0 spiro atoms. The molecule has 0 bridgehead atoms. The molecule has 2 atom stereocenters. The summed E-state index contributed by atoms with van der Waals surface area (Å²) < 4.78 is 33.4. The first-order valence-electron chi connectivity index (χ1n) is 6.57. The lowest BCUT2D eigenvalue weighted by atomic mass is 9.86. The van der Waals surface area contributed by atoms with Crippen LogP contribution in [0.25, 0.3) is 0 Å². The van der Waals surface area contributed by atoms with Gasteiger partial charge in [-0.05, 0) is 19.3 Å². The topological polar surface area (TPSA) is 95.9 Å². The SMILES string of the molecule is O=C(O)C1CCCC(NS(=O)(=O)N2CCOCC2)C1. The van der Waals surface area contributed by atoms with E-state index in [1.54, 1.807) is 0 Å². The van der Waals surface area contributed by atoms with Crippen LogP contribution >= 0.6 is 0 Å². The Morgan fingerprint density at radius 3 is 2.58 bits per heavy atom. The minimum absolute atomic E-state index is 0.275. The highest BCUT2D eigenvalue weighted by molar-refractivity contribution is 7.87. The Morgan fingerprint density at radius 1 is 1.26 bits per heavy atom. The first-order chi connectivity index (χ1) is 8.99. The number of carboxylic acid groups (broad SMARTS) is 1. The van der Waals surface area contributed by atoms with E-state index in [4.69, 9.17) is 9.84 Å². The predicted molar refractivity (Wildman–Crippen MR) is 67.8 cm³/mol. The third-order valence-corrected chi connectivity index (χ3v) is 5.33. The van der Waals surface area contributed by atoms with Gasteiger partial charge in [0, 0.05) is 19.1 Å². The monoisotopic (exact) mass is 292 g/mol. The minimum Gasteiger partial charge on any atom is -0.481 e. The van der Waals surface area contributed by atoms with Crippen molar-refractivity contribution >= 4 is 16.2 Å². The smallest absolute Gasteiger partial charge is 0.306 e. The summed E-state index contributed by atoms with van der Waals surface area (Å²) in [5, 5.41) is 9.00. The van der Waals surface area contributed by atoms with Crippen LogP contribution < -0.4 is 4.72 Å². The summed E-state index contributed by atoms with van der Waals surface area (Å²) in [7, 11) is -3.52. The van der Waals surface area contributed by atoms with E-state index >= 15 is 0 Å². The van der Waals surface area contributed by atoms with E-state index in [-0.39, 0.29) is 6.04 Å². The molecule has 2 N–H and O–H groups in total. The van der Waals surface area contributed by atoms with Crippen molar-refractivity contribution in [2.75, 3.05) is 26.3 Å². The van der Waals surface area contributed by atoms with E-state index in [9.17, 15) is 13.2 Å². The van der Waals surface area contributed by atoms with Crippen LogP contribution in [0.3, 0.4) is 0 Å². The van der Waals surface area contributed by atoms with Gasteiger partial charge in [0.2, 0.25) is 0 Å². The van der Waals surface area contributed by atoms with Crippen LogP contribution in [0.2, 0.25) is 0 Å². The van der Waals surface area contributed by atoms with Crippen LogP contribution in [0.15, 0.2) is 0 Å². The van der Waals surface area contributed by atoms with Gasteiger partial charge in [0.05, 0.1) is 19.1 Å². The number of carboxylic acids is 1. The summed E-state index contributed by atoms with van der Waals surface area (Å²) in [6.45, 7) is 1.52. The molecule has 0 radical (unpaired) electrons. The van der Waals surface area contributed by atoms with Gasteiger partial charge < -0.3 is 9.84 Å². The number of hydrogen-bond acceptors (Lipinski definition) is 4. The van der Waals surface area contributed by atoms with Crippen molar-refractivity contribution in [2.24, 2.45) is 5.92 Å². The summed E-state index contributed by atoms with van der Waals surface area (Å²) in [6.07, 6.45) is 2.45. The minimum atomic E-state index is -3.52. The molecule has 1 heterocycles. The number of aliphatic carboxylic acids is 1. The van der Waals surface area contributed by atoms with E-state index in [0.29, 0.717) is 45.6 Å². The largest absolute Gasteiger partial charge is 0.481 e. The van der Waals surface area contributed by atoms with Gasteiger partial charge in [-0.1, -0.05) is 6.42 Å². The number of carbonyl (C=O) groups is 1. The van der Waals surface area contributed by atoms with Crippen LogP contribution in [0.4, 0.5) is 0 Å². The molecule has 8 heteroatoms. The summed E-state index contributed by atoms with van der Waals surface area (Å²) in [4.78, 5) is 11.0. The zero-order valence-corrected chi connectivity index (χ0v) is 11.6. The second kappa shape index (κ2) is 6.17. The van der Waals surface area contributed by atoms with Crippen LogP contribution in [0.5, 0.6) is 0 Å². The lowest BCUT2D eigenvalue weighted by molar-refractivity contribution is -0.143. The third-order valence-electron chi connectivity index (χ3n) is 3.65. The van der Waals surface area contributed by atoms with Crippen molar-refractivity contribution in [1.29, 1.82) is 0 Å². The molecule has 1 saturated heterocycles. The van der Waals surface area contributed by atoms with Crippen LogP contribution in [0.1, 0.15) is 25.7 Å². The number of nitrogens with one attached hydrogen (secondary N) is 1. The number of ether oxygens (including phenoxy) is 1. The molecule has 2 fully saturated rings. The molecule has 2 unspecified atom stereocenters. The normalized spacial score (nSPS) is 30.1.